The molecule has 0 spiro atoms. The molecule has 2 rings (SSSR count). The van der Waals surface area contributed by atoms with Gasteiger partial charge in [0.2, 0.25) is 11.8 Å². The second-order valence-corrected chi connectivity index (χ2v) is 4.40. The quantitative estimate of drug-likeness (QED) is 0.888. The van der Waals surface area contributed by atoms with E-state index in [0.29, 0.717) is 5.88 Å². The second kappa shape index (κ2) is 6.61. The van der Waals surface area contributed by atoms with Crippen molar-refractivity contribution in [1.29, 1.82) is 0 Å². The molecule has 0 bridgehead atoms. The third-order valence-electron chi connectivity index (χ3n) is 2.92. The zero-order valence-corrected chi connectivity index (χ0v) is 11.6. The number of ether oxygens (including phenoxy) is 1. The van der Waals surface area contributed by atoms with E-state index in [1.54, 1.807) is 0 Å². The van der Waals surface area contributed by atoms with Gasteiger partial charge in [-0.2, -0.15) is 18.2 Å². The van der Waals surface area contributed by atoms with E-state index < -0.39 is 17.8 Å². The fraction of sp³-hybridized carbons (Fsp3) is 0.286. The van der Waals surface area contributed by atoms with Crippen molar-refractivity contribution in [2.24, 2.45) is 0 Å². The van der Waals surface area contributed by atoms with Crippen LogP contribution in [0.25, 0.3) is 0 Å². The zero-order valence-electron chi connectivity index (χ0n) is 11.6. The molecule has 0 radical (unpaired) electrons. The molecule has 0 unspecified atom stereocenters. The minimum absolute atomic E-state index is 0.155. The van der Waals surface area contributed by atoms with Crippen molar-refractivity contribution in [1.82, 2.24) is 9.97 Å². The normalized spacial score (nSPS) is 12.8. The minimum atomic E-state index is -4.52. The minimum Gasteiger partial charge on any atom is -0.481 e. The molecule has 8 heteroatoms. The van der Waals surface area contributed by atoms with Gasteiger partial charge in [0.25, 0.3) is 0 Å². The van der Waals surface area contributed by atoms with Crippen molar-refractivity contribution in [2.75, 3.05) is 19.0 Å². The standard InChI is InChI=1S/C14H14F3N3O2/c1-22-12-6-7-18-13(20-12)19-8-11(21)9-4-2-3-5-10(9)14(15,16)17/h2-7,11,21H,8H2,1H3,(H,18,19,20)/t11-/m1/s1. The van der Waals surface area contributed by atoms with E-state index in [1.165, 1.54) is 37.6 Å². The molecule has 0 saturated carbocycles. The van der Waals surface area contributed by atoms with Gasteiger partial charge in [0, 0.05) is 18.8 Å². The van der Waals surface area contributed by atoms with E-state index in [0.717, 1.165) is 6.07 Å². The summed E-state index contributed by atoms with van der Waals surface area (Å²) < 4.78 is 43.6. The maximum absolute atomic E-state index is 12.9. The molecule has 5 nitrogen and oxygen atoms in total. The van der Waals surface area contributed by atoms with Gasteiger partial charge in [0.1, 0.15) is 0 Å². The zero-order chi connectivity index (χ0) is 16.2. The van der Waals surface area contributed by atoms with Crippen LogP contribution in [0.15, 0.2) is 36.5 Å². The molecule has 0 aliphatic heterocycles. The Labute approximate surface area is 124 Å². The molecule has 0 saturated heterocycles. The Morgan fingerprint density at radius 3 is 2.68 bits per heavy atom. The van der Waals surface area contributed by atoms with Crippen LogP contribution in [0.3, 0.4) is 0 Å². The lowest BCUT2D eigenvalue weighted by molar-refractivity contribution is -0.139. The van der Waals surface area contributed by atoms with Gasteiger partial charge in [0.05, 0.1) is 18.8 Å². The summed E-state index contributed by atoms with van der Waals surface area (Å²) in [6.07, 6.45) is -4.44. The number of nitrogens with zero attached hydrogens (tertiary/aromatic N) is 2. The Bertz CT molecular complexity index is 635. The van der Waals surface area contributed by atoms with E-state index in [9.17, 15) is 18.3 Å². The molecule has 118 valence electrons. The molecule has 0 amide bonds. The number of methoxy groups -OCH3 is 1. The Morgan fingerprint density at radius 1 is 1.27 bits per heavy atom. The Kier molecular flexibility index (Phi) is 4.81. The maximum atomic E-state index is 12.9. The number of nitrogens with one attached hydrogen (secondary N) is 1. The summed E-state index contributed by atoms with van der Waals surface area (Å²) in [4.78, 5) is 7.84. The SMILES string of the molecule is COc1ccnc(NC[C@@H](O)c2ccccc2C(F)(F)F)n1. The van der Waals surface area contributed by atoms with Crippen LogP contribution in [0.2, 0.25) is 0 Å². The molecule has 0 aliphatic carbocycles. The Hall–Kier alpha value is -2.35. The van der Waals surface area contributed by atoms with Crippen molar-refractivity contribution in [3.63, 3.8) is 0 Å². The smallest absolute Gasteiger partial charge is 0.416 e. The van der Waals surface area contributed by atoms with Crippen LogP contribution in [0, 0.1) is 0 Å². The van der Waals surface area contributed by atoms with E-state index in [1.807, 2.05) is 0 Å². The molecule has 1 aromatic heterocycles. The third kappa shape index (κ3) is 3.85. The van der Waals surface area contributed by atoms with Gasteiger partial charge in [-0.05, 0) is 11.6 Å². The third-order valence-corrected chi connectivity index (χ3v) is 2.92. The number of benzene rings is 1. The average Bonchev–Trinajstić information content (AvgIpc) is 2.52. The highest BCUT2D eigenvalue weighted by Crippen LogP contribution is 2.34. The van der Waals surface area contributed by atoms with Crippen molar-refractivity contribution in [2.45, 2.75) is 12.3 Å². The molecule has 2 aromatic rings. The molecule has 1 heterocycles. The summed E-state index contributed by atoms with van der Waals surface area (Å²) >= 11 is 0. The average molecular weight is 313 g/mol. The van der Waals surface area contributed by atoms with Crippen LogP contribution in [-0.2, 0) is 6.18 Å². The summed E-state index contributed by atoms with van der Waals surface area (Å²) in [5.74, 6) is 0.463. The van der Waals surface area contributed by atoms with Crippen molar-refractivity contribution < 1.29 is 23.0 Å². The van der Waals surface area contributed by atoms with Gasteiger partial charge < -0.3 is 15.2 Å². The van der Waals surface area contributed by atoms with Crippen LogP contribution >= 0.6 is 0 Å². The van der Waals surface area contributed by atoms with Gasteiger partial charge in [-0.15, -0.1) is 0 Å². The first-order chi connectivity index (χ1) is 10.4. The van der Waals surface area contributed by atoms with Crippen molar-refractivity contribution in [3.05, 3.63) is 47.7 Å². The predicted molar refractivity (Wildman–Crippen MR) is 73.5 cm³/mol. The fourth-order valence-corrected chi connectivity index (χ4v) is 1.88. The van der Waals surface area contributed by atoms with E-state index in [4.69, 9.17) is 4.74 Å². The molecule has 1 aromatic carbocycles. The first-order valence-corrected chi connectivity index (χ1v) is 6.37. The van der Waals surface area contributed by atoms with Crippen LogP contribution in [0.5, 0.6) is 5.88 Å². The summed E-state index contributed by atoms with van der Waals surface area (Å²) in [5.41, 5.74) is -1.07. The Balaban J connectivity index is 2.11. The first-order valence-electron chi connectivity index (χ1n) is 6.37. The fourth-order valence-electron chi connectivity index (χ4n) is 1.88. The molecule has 0 aliphatic rings. The number of aliphatic hydroxyl groups excluding tert-OH is 1. The lowest BCUT2D eigenvalue weighted by atomic mass is 10.0. The van der Waals surface area contributed by atoms with Crippen LogP contribution in [0.4, 0.5) is 19.1 Å². The summed E-state index contributed by atoms with van der Waals surface area (Å²) in [6, 6.07) is 6.41. The van der Waals surface area contributed by atoms with Crippen LogP contribution < -0.4 is 10.1 Å². The molecule has 22 heavy (non-hydrogen) atoms. The van der Waals surface area contributed by atoms with Crippen molar-refractivity contribution in [3.8, 4) is 5.88 Å². The largest absolute Gasteiger partial charge is 0.481 e. The highest BCUT2D eigenvalue weighted by Gasteiger charge is 2.34. The van der Waals surface area contributed by atoms with Crippen LogP contribution in [0.1, 0.15) is 17.2 Å². The van der Waals surface area contributed by atoms with Gasteiger partial charge >= 0.3 is 6.18 Å². The predicted octanol–water partition coefficient (Wildman–Crippen LogP) is 2.65. The second-order valence-electron chi connectivity index (χ2n) is 4.40. The monoisotopic (exact) mass is 313 g/mol. The number of aliphatic hydroxyl groups is 1. The van der Waals surface area contributed by atoms with E-state index in [2.05, 4.69) is 15.3 Å². The maximum Gasteiger partial charge on any atom is 0.416 e. The van der Waals surface area contributed by atoms with Gasteiger partial charge in [0.15, 0.2) is 0 Å². The van der Waals surface area contributed by atoms with Crippen molar-refractivity contribution >= 4 is 5.95 Å². The lowest BCUT2D eigenvalue weighted by Crippen LogP contribution is -2.18. The number of halogens is 3. The number of hydrogen-bond donors (Lipinski definition) is 2. The topological polar surface area (TPSA) is 67.3 Å². The number of hydrogen-bond acceptors (Lipinski definition) is 5. The molecule has 0 fully saturated rings. The molecular weight excluding hydrogens is 299 g/mol. The number of anilines is 1. The molecular formula is C14H14F3N3O2. The first kappa shape index (κ1) is 16.0. The van der Waals surface area contributed by atoms with E-state index in [-0.39, 0.29) is 18.1 Å². The highest BCUT2D eigenvalue weighted by atomic mass is 19.4. The summed E-state index contributed by atoms with van der Waals surface area (Å²) in [7, 11) is 1.43. The molecule has 1 atom stereocenters. The number of alkyl halides is 3. The van der Waals surface area contributed by atoms with Gasteiger partial charge in [-0.3, -0.25) is 0 Å². The number of aromatic nitrogens is 2. The summed E-state index contributed by atoms with van der Waals surface area (Å²) in [5, 5.41) is 12.7. The summed E-state index contributed by atoms with van der Waals surface area (Å²) in [6.45, 7) is -0.166. The number of rotatable bonds is 5. The van der Waals surface area contributed by atoms with E-state index >= 15 is 0 Å². The van der Waals surface area contributed by atoms with Gasteiger partial charge in [-0.25, -0.2) is 4.98 Å². The highest BCUT2D eigenvalue weighted by molar-refractivity contribution is 5.34. The van der Waals surface area contributed by atoms with Crippen LogP contribution in [-0.4, -0.2) is 28.7 Å². The molecule has 2 N–H and O–H groups in total. The Morgan fingerprint density at radius 2 is 2.00 bits per heavy atom. The lowest BCUT2D eigenvalue weighted by Gasteiger charge is -2.17. The van der Waals surface area contributed by atoms with Gasteiger partial charge in [-0.1, -0.05) is 18.2 Å².